The van der Waals surface area contributed by atoms with E-state index in [4.69, 9.17) is 23.7 Å². The van der Waals surface area contributed by atoms with Gasteiger partial charge in [-0.05, 0) is 24.6 Å². The van der Waals surface area contributed by atoms with Crippen molar-refractivity contribution in [3.8, 4) is 28.7 Å². The number of hydrogen-bond acceptors (Lipinski definition) is 16. The van der Waals surface area contributed by atoms with Gasteiger partial charge in [0.2, 0.25) is 5.78 Å². The fourth-order valence-corrected chi connectivity index (χ4v) is 5.25. The van der Waals surface area contributed by atoms with Crippen LogP contribution in [0.2, 0.25) is 0 Å². The number of aliphatic hydroxyl groups excluding tert-OH is 6. The number of rotatable bonds is 6. The van der Waals surface area contributed by atoms with Crippen LogP contribution in [0.25, 0.3) is 0 Å². The van der Waals surface area contributed by atoms with Crippen molar-refractivity contribution in [2.75, 3.05) is 6.61 Å². The lowest BCUT2D eigenvalue weighted by Gasteiger charge is -2.46. The normalized spacial score (nSPS) is 37.9. The Balaban J connectivity index is 1.45. The molecule has 0 saturated carbocycles. The maximum atomic E-state index is 13.7. The Morgan fingerprint density at radius 3 is 2.14 bits per heavy atom. The number of carbonyl (C=O) groups excluding carboxylic acids is 1. The van der Waals surface area contributed by atoms with Gasteiger partial charge < -0.3 is 74.7 Å². The number of ketones is 1. The topological polar surface area (TPSA) is 266 Å². The first kappa shape index (κ1) is 31.1. The highest BCUT2D eigenvalue weighted by Gasteiger charge is 2.52. The van der Waals surface area contributed by atoms with Gasteiger partial charge >= 0.3 is 0 Å². The van der Waals surface area contributed by atoms with Crippen LogP contribution in [0.4, 0.5) is 0 Å². The van der Waals surface area contributed by atoms with Gasteiger partial charge in [0.25, 0.3) is 0 Å². The maximum Gasteiger partial charge on any atom is 0.203 e. The summed E-state index contributed by atoms with van der Waals surface area (Å²) in [7, 11) is 0. The molecule has 2 aromatic rings. The molecule has 43 heavy (non-hydrogen) atoms. The van der Waals surface area contributed by atoms with Gasteiger partial charge in [0.1, 0.15) is 65.5 Å². The number of aliphatic hydroxyl groups is 6. The molecular formula is C27H32O16. The third-order valence-corrected chi connectivity index (χ3v) is 7.63. The Morgan fingerprint density at radius 1 is 0.767 bits per heavy atom. The minimum absolute atomic E-state index is 0.106. The van der Waals surface area contributed by atoms with E-state index in [1.165, 1.54) is 13.0 Å². The van der Waals surface area contributed by atoms with Gasteiger partial charge in [-0.15, -0.1) is 0 Å². The zero-order valence-corrected chi connectivity index (χ0v) is 22.4. The number of phenols is 4. The van der Waals surface area contributed by atoms with Crippen molar-refractivity contribution in [2.24, 2.45) is 0 Å². The van der Waals surface area contributed by atoms with E-state index in [2.05, 4.69) is 0 Å². The van der Waals surface area contributed by atoms with Crippen molar-refractivity contribution in [3.63, 3.8) is 0 Å². The fraction of sp³-hybridized carbons (Fsp3) is 0.519. The minimum atomic E-state index is -1.89. The van der Waals surface area contributed by atoms with E-state index < -0.39 is 109 Å². The molecule has 12 atom stereocenters. The van der Waals surface area contributed by atoms with Crippen LogP contribution in [0.15, 0.2) is 30.3 Å². The first-order valence-electron chi connectivity index (χ1n) is 13.2. The second kappa shape index (κ2) is 12.0. The average Bonchev–Trinajstić information content (AvgIpc) is 2.96. The molecule has 3 aliphatic heterocycles. The quantitative estimate of drug-likeness (QED) is 0.156. The standard InChI is InChI=1S/C27H32O16/c1-8-17(33)24(42-26-21(37)20(36)18(34)15(7-28)41-26)22(38)27(39-8)43-25-19(35)16-13(32)5-10(29)6-14(16)40-23(25)9-2-3-11(30)12(31)4-9/h2-6,8,15,17-18,20-34,36-38H,7H2,1H3/t8-,15-,17-,18-,20-,21-,22-,23+,24+,25-,26-,27-/m0/s1. The summed E-state index contributed by atoms with van der Waals surface area (Å²) in [6, 6.07) is 5.50. The highest BCUT2D eigenvalue weighted by molar-refractivity contribution is 6.05. The summed E-state index contributed by atoms with van der Waals surface area (Å²) >= 11 is 0. The first-order valence-corrected chi connectivity index (χ1v) is 13.2. The largest absolute Gasteiger partial charge is 0.508 e. The number of ether oxygens (including phenoxy) is 5. The summed E-state index contributed by atoms with van der Waals surface area (Å²) in [6.07, 6.45) is -19.5. The molecule has 2 fully saturated rings. The number of Topliss-reactive ketones (excluding diaryl/α,β-unsaturated/α-hetero) is 1. The summed E-state index contributed by atoms with van der Waals surface area (Å²) in [6.45, 7) is 0.630. The molecule has 236 valence electrons. The monoisotopic (exact) mass is 612 g/mol. The third-order valence-electron chi connectivity index (χ3n) is 7.63. The summed E-state index contributed by atoms with van der Waals surface area (Å²) in [5.74, 6) is -3.19. The number of phenolic OH excluding ortho intramolecular Hbond substituents is 4. The van der Waals surface area contributed by atoms with Gasteiger partial charge in [-0.25, -0.2) is 0 Å². The molecule has 0 radical (unpaired) electrons. The molecule has 3 aliphatic rings. The number of hydrogen-bond donors (Lipinski definition) is 10. The highest BCUT2D eigenvalue weighted by Crippen LogP contribution is 2.44. The van der Waals surface area contributed by atoms with E-state index in [1.807, 2.05) is 0 Å². The second-order valence-corrected chi connectivity index (χ2v) is 10.5. The van der Waals surface area contributed by atoms with Crippen LogP contribution in [0, 0.1) is 0 Å². The molecule has 10 N–H and O–H groups in total. The van der Waals surface area contributed by atoms with Gasteiger partial charge in [-0.1, -0.05) is 6.07 Å². The number of benzene rings is 2. The first-order chi connectivity index (χ1) is 20.3. The molecule has 0 unspecified atom stereocenters. The Kier molecular flexibility index (Phi) is 8.70. The lowest BCUT2D eigenvalue weighted by Crippen LogP contribution is -2.64. The van der Waals surface area contributed by atoms with Crippen LogP contribution in [-0.2, 0) is 18.9 Å². The molecule has 5 rings (SSSR count). The lowest BCUT2D eigenvalue weighted by atomic mass is 9.92. The fourth-order valence-electron chi connectivity index (χ4n) is 5.25. The predicted octanol–water partition coefficient (Wildman–Crippen LogP) is -2.14. The van der Waals surface area contributed by atoms with E-state index in [9.17, 15) is 55.9 Å². The summed E-state index contributed by atoms with van der Waals surface area (Å²) < 4.78 is 28.3. The Bertz CT molecular complexity index is 1330. The van der Waals surface area contributed by atoms with Crippen LogP contribution < -0.4 is 4.74 Å². The molecule has 3 heterocycles. The number of aromatic hydroxyl groups is 4. The molecule has 0 bridgehead atoms. The van der Waals surface area contributed by atoms with Crippen molar-refractivity contribution < 1.29 is 79.5 Å². The van der Waals surface area contributed by atoms with Gasteiger partial charge in [-0.2, -0.15) is 0 Å². The Morgan fingerprint density at radius 2 is 1.47 bits per heavy atom. The van der Waals surface area contributed by atoms with Gasteiger partial charge in [0, 0.05) is 12.1 Å². The molecule has 16 nitrogen and oxygen atoms in total. The van der Waals surface area contributed by atoms with Crippen LogP contribution in [0.3, 0.4) is 0 Å². The molecule has 0 aliphatic carbocycles. The highest BCUT2D eigenvalue weighted by atomic mass is 16.7. The molecule has 0 spiro atoms. The Labute approximate surface area is 243 Å². The third kappa shape index (κ3) is 5.69. The Hall–Kier alpha value is -3.29. The van der Waals surface area contributed by atoms with Crippen molar-refractivity contribution in [2.45, 2.75) is 80.5 Å². The molecule has 16 heteroatoms. The second-order valence-electron chi connectivity index (χ2n) is 10.5. The summed E-state index contributed by atoms with van der Waals surface area (Å²) in [4.78, 5) is 13.7. The van der Waals surface area contributed by atoms with E-state index in [1.54, 1.807) is 0 Å². The smallest absolute Gasteiger partial charge is 0.203 e. The van der Waals surface area contributed by atoms with E-state index in [0.717, 1.165) is 24.3 Å². The zero-order chi connectivity index (χ0) is 31.3. The zero-order valence-electron chi connectivity index (χ0n) is 22.4. The minimum Gasteiger partial charge on any atom is -0.508 e. The summed E-state index contributed by atoms with van der Waals surface area (Å²) in [5, 5.41) is 102. The van der Waals surface area contributed by atoms with Crippen LogP contribution in [-0.4, -0.2) is 131 Å². The molecular weight excluding hydrogens is 580 g/mol. The predicted molar refractivity (Wildman–Crippen MR) is 137 cm³/mol. The molecule has 0 amide bonds. The van der Waals surface area contributed by atoms with Crippen LogP contribution in [0.1, 0.15) is 28.9 Å². The van der Waals surface area contributed by atoms with Crippen LogP contribution in [0.5, 0.6) is 28.7 Å². The van der Waals surface area contributed by atoms with E-state index in [-0.39, 0.29) is 16.9 Å². The van der Waals surface area contributed by atoms with Crippen molar-refractivity contribution >= 4 is 5.78 Å². The molecule has 2 saturated heterocycles. The lowest BCUT2D eigenvalue weighted by molar-refractivity contribution is -0.360. The van der Waals surface area contributed by atoms with E-state index in [0.29, 0.717) is 0 Å². The number of carbonyl (C=O) groups is 1. The van der Waals surface area contributed by atoms with Crippen molar-refractivity contribution in [1.82, 2.24) is 0 Å². The summed E-state index contributed by atoms with van der Waals surface area (Å²) in [5.41, 5.74) is -0.260. The maximum absolute atomic E-state index is 13.7. The molecule has 0 aromatic heterocycles. The van der Waals surface area contributed by atoms with Gasteiger partial charge in [0.15, 0.2) is 36.3 Å². The number of fused-ring (bicyclic) bond motifs is 1. The average molecular weight is 613 g/mol. The van der Waals surface area contributed by atoms with Crippen LogP contribution >= 0.6 is 0 Å². The SMILES string of the molecule is C[C@@H]1O[C@@H](O[C@H]2C(=O)c3c(O)cc(O)cc3O[C@@H]2c2ccc(O)c(O)c2)[C@@H](O)[C@H](O[C@@H]2O[C@@H](CO)[C@H](O)[C@H](O)[C@@H]2O)[C@H]1O. The van der Waals surface area contributed by atoms with Gasteiger partial charge in [0.05, 0.1) is 12.7 Å². The van der Waals surface area contributed by atoms with Crippen molar-refractivity contribution in [1.29, 1.82) is 0 Å². The molecule has 2 aromatic carbocycles. The van der Waals surface area contributed by atoms with E-state index >= 15 is 0 Å². The van der Waals surface area contributed by atoms with Crippen molar-refractivity contribution in [3.05, 3.63) is 41.5 Å². The van der Waals surface area contributed by atoms with Gasteiger partial charge in [-0.3, -0.25) is 4.79 Å².